The van der Waals surface area contributed by atoms with E-state index in [0.29, 0.717) is 24.1 Å². The Kier molecular flexibility index (Phi) is 6.61. The lowest BCUT2D eigenvalue weighted by molar-refractivity contribution is 0.102. The molecule has 0 atom stereocenters. The predicted molar refractivity (Wildman–Crippen MR) is 114 cm³/mol. The topological polar surface area (TPSA) is 66.9 Å². The number of nitrogens with zero attached hydrogens (tertiary/aromatic N) is 2. The fourth-order valence-electron chi connectivity index (χ4n) is 2.69. The number of amides is 1. The highest BCUT2D eigenvalue weighted by molar-refractivity contribution is 6.30. The van der Waals surface area contributed by atoms with Crippen LogP contribution in [0.3, 0.4) is 0 Å². The first kappa shape index (κ1) is 19.8. The summed E-state index contributed by atoms with van der Waals surface area (Å²) in [5.41, 5.74) is 3.45. The number of anilines is 2. The van der Waals surface area contributed by atoms with Gasteiger partial charge in [-0.25, -0.2) is 9.97 Å². The minimum absolute atomic E-state index is 0.263. The zero-order chi connectivity index (χ0) is 19.9. The van der Waals surface area contributed by atoms with Crippen LogP contribution in [-0.4, -0.2) is 22.4 Å². The Labute approximate surface area is 170 Å². The van der Waals surface area contributed by atoms with Gasteiger partial charge in [-0.05, 0) is 53.8 Å². The molecule has 3 rings (SSSR count). The maximum Gasteiger partial charge on any atom is 0.274 e. The van der Waals surface area contributed by atoms with Crippen molar-refractivity contribution in [1.82, 2.24) is 9.97 Å². The van der Waals surface area contributed by atoms with Crippen molar-refractivity contribution >= 4 is 29.1 Å². The second-order valence-corrected chi connectivity index (χ2v) is 7.24. The van der Waals surface area contributed by atoms with E-state index in [1.54, 1.807) is 12.3 Å². The summed E-state index contributed by atoms with van der Waals surface area (Å²) in [4.78, 5) is 21.0. The molecule has 0 unspecified atom stereocenters. The molecule has 3 aromatic rings. The number of nitrogens with one attached hydrogen (secondary N) is 2. The van der Waals surface area contributed by atoms with Gasteiger partial charge in [-0.15, -0.1) is 0 Å². The molecular formula is C22H23ClN4O. The highest BCUT2D eigenvalue weighted by atomic mass is 35.5. The zero-order valence-electron chi connectivity index (χ0n) is 15.9. The second kappa shape index (κ2) is 9.33. The van der Waals surface area contributed by atoms with Gasteiger partial charge in [0.25, 0.3) is 5.91 Å². The maximum absolute atomic E-state index is 12.5. The van der Waals surface area contributed by atoms with Crippen LogP contribution in [0.5, 0.6) is 0 Å². The molecule has 1 amide bonds. The second-order valence-electron chi connectivity index (χ2n) is 6.80. The molecule has 6 heteroatoms. The van der Waals surface area contributed by atoms with E-state index in [1.165, 1.54) is 5.56 Å². The van der Waals surface area contributed by atoms with Crippen molar-refractivity contribution in [3.8, 4) is 0 Å². The van der Waals surface area contributed by atoms with Gasteiger partial charge in [0.15, 0.2) is 0 Å². The van der Waals surface area contributed by atoms with E-state index in [4.69, 9.17) is 11.6 Å². The lowest BCUT2D eigenvalue weighted by Gasteiger charge is -2.09. The van der Waals surface area contributed by atoms with Crippen LogP contribution in [0.4, 0.5) is 11.6 Å². The molecule has 144 valence electrons. The van der Waals surface area contributed by atoms with Gasteiger partial charge in [0.2, 0.25) is 5.95 Å². The van der Waals surface area contributed by atoms with E-state index < -0.39 is 0 Å². The summed E-state index contributed by atoms with van der Waals surface area (Å²) in [6.45, 7) is 4.93. The average Bonchev–Trinajstić information content (AvgIpc) is 2.70. The Bertz CT molecular complexity index is 924. The van der Waals surface area contributed by atoms with Gasteiger partial charge in [0.1, 0.15) is 5.69 Å². The summed E-state index contributed by atoms with van der Waals surface area (Å²) in [6.07, 6.45) is 2.38. The quantitative estimate of drug-likeness (QED) is 0.580. The van der Waals surface area contributed by atoms with Gasteiger partial charge in [-0.3, -0.25) is 4.79 Å². The molecule has 0 fully saturated rings. The number of carbonyl (C=O) groups excluding carboxylic acids is 1. The summed E-state index contributed by atoms with van der Waals surface area (Å²) in [5, 5.41) is 6.74. The number of aromatic nitrogens is 2. The Morgan fingerprint density at radius 1 is 1.04 bits per heavy atom. The van der Waals surface area contributed by atoms with Crippen molar-refractivity contribution in [3.63, 3.8) is 0 Å². The molecule has 0 bridgehead atoms. The van der Waals surface area contributed by atoms with Crippen LogP contribution >= 0.6 is 11.6 Å². The van der Waals surface area contributed by atoms with E-state index >= 15 is 0 Å². The van der Waals surface area contributed by atoms with Crippen LogP contribution in [0, 0.1) is 0 Å². The molecule has 28 heavy (non-hydrogen) atoms. The molecule has 0 saturated carbocycles. The first-order valence-electron chi connectivity index (χ1n) is 9.24. The normalized spacial score (nSPS) is 10.7. The molecule has 1 heterocycles. The lowest BCUT2D eigenvalue weighted by atomic mass is 10.0. The van der Waals surface area contributed by atoms with E-state index in [9.17, 15) is 4.79 Å². The SMILES string of the molecule is CC(C)c1ccc(NC(=O)c2ccnc(NCCc3ccc(Cl)cc3)n2)cc1. The van der Waals surface area contributed by atoms with Crippen LogP contribution in [-0.2, 0) is 6.42 Å². The van der Waals surface area contributed by atoms with Crippen molar-refractivity contribution in [1.29, 1.82) is 0 Å². The molecule has 1 aromatic heterocycles. The smallest absolute Gasteiger partial charge is 0.274 e. The van der Waals surface area contributed by atoms with Gasteiger partial charge in [0.05, 0.1) is 0 Å². The summed E-state index contributed by atoms with van der Waals surface area (Å²) in [6, 6.07) is 17.1. The van der Waals surface area contributed by atoms with Crippen molar-refractivity contribution < 1.29 is 4.79 Å². The fourth-order valence-corrected chi connectivity index (χ4v) is 2.81. The largest absolute Gasteiger partial charge is 0.354 e. The highest BCUT2D eigenvalue weighted by Gasteiger charge is 2.10. The van der Waals surface area contributed by atoms with E-state index in [0.717, 1.165) is 22.7 Å². The Hall–Kier alpha value is -2.92. The first-order chi connectivity index (χ1) is 13.5. The van der Waals surface area contributed by atoms with Crippen molar-refractivity contribution in [2.45, 2.75) is 26.2 Å². The molecule has 2 aromatic carbocycles. The van der Waals surface area contributed by atoms with Crippen LogP contribution in [0.2, 0.25) is 5.02 Å². The number of carbonyl (C=O) groups is 1. The van der Waals surface area contributed by atoms with E-state index in [1.807, 2.05) is 48.5 Å². The maximum atomic E-state index is 12.5. The van der Waals surface area contributed by atoms with Crippen molar-refractivity contribution in [2.24, 2.45) is 0 Å². The van der Waals surface area contributed by atoms with Crippen LogP contribution in [0.1, 0.15) is 41.4 Å². The number of benzene rings is 2. The molecule has 0 saturated heterocycles. The Morgan fingerprint density at radius 2 is 1.75 bits per heavy atom. The Balaban J connectivity index is 1.57. The van der Waals surface area contributed by atoms with Crippen molar-refractivity contribution in [2.75, 3.05) is 17.2 Å². The van der Waals surface area contributed by atoms with Crippen LogP contribution < -0.4 is 10.6 Å². The summed E-state index contributed by atoms with van der Waals surface area (Å²) in [7, 11) is 0. The third kappa shape index (κ3) is 5.54. The fraction of sp³-hybridized carbons (Fsp3) is 0.227. The number of hydrogen-bond acceptors (Lipinski definition) is 4. The van der Waals surface area contributed by atoms with Gasteiger partial charge in [0, 0.05) is 23.5 Å². The van der Waals surface area contributed by atoms with Crippen LogP contribution in [0.25, 0.3) is 0 Å². The molecule has 0 aliphatic heterocycles. The van der Waals surface area contributed by atoms with E-state index in [2.05, 4.69) is 34.4 Å². The molecule has 2 N–H and O–H groups in total. The summed E-state index contributed by atoms with van der Waals surface area (Å²) >= 11 is 5.89. The molecule has 5 nitrogen and oxygen atoms in total. The predicted octanol–water partition coefficient (Wildman–Crippen LogP) is 5.16. The molecule has 0 spiro atoms. The average molecular weight is 395 g/mol. The minimum Gasteiger partial charge on any atom is -0.354 e. The third-order valence-corrected chi connectivity index (χ3v) is 4.59. The van der Waals surface area contributed by atoms with Crippen molar-refractivity contribution in [3.05, 3.63) is 82.6 Å². The molecule has 0 aliphatic rings. The number of hydrogen-bond donors (Lipinski definition) is 2. The zero-order valence-corrected chi connectivity index (χ0v) is 16.7. The van der Waals surface area contributed by atoms with Gasteiger partial charge >= 0.3 is 0 Å². The summed E-state index contributed by atoms with van der Waals surface area (Å²) in [5.74, 6) is 0.616. The lowest BCUT2D eigenvalue weighted by Crippen LogP contribution is -2.16. The third-order valence-electron chi connectivity index (χ3n) is 4.33. The van der Waals surface area contributed by atoms with Gasteiger partial charge < -0.3 is 10.6 Å². The number of halogens is 1. The summed E-state index contributed by atoms with van der Waals surface area (Å²) < 4.78 is 0. The van der Waals surface area contributed by atoms with E-state index in [-0.39, 0.29) is 5.91 Å². The van der Waals surface area contributed by atoms with Gasteiger partial charge in [-0.2, -0.15) is 0 Å². The minimum atomic E-state index is -0.263. The standard InChI is InChI=1S/C22H23ClN4O/c1-15(2)17-5-9-19(10-6-17)26-21(28)20-12-14-25-22(27-20)24-13-11-16-3-7-18(23)8-4-16/h3-10,12,14-15H,11,13H2,1-2H3,(H,26,28)(H,24,25,27). The monoisotopic (exact) mass is 394 g/mol. The van der Waals surface area contributed by atoms with Crippen LogP contribution in [0.15, 0.2) is 60.8 Å². The first-order valence-corrected chi connectivity index (χ1v) is 9.62. The highest BCUT2D eigenvalue weighted by Crippen LogP contribution is 2.17. The molecule has 0 aliphatic carbocycles. The molecule has 0 radical (unpaired) electrons. The van der Waals surface area contributed by atoms with Gasteiger partial charge in [-0.1, -0.05) is 49.7 Å². The number of rotatable bonds is 7. The molecular weight excluding hydrogens is 372 g/mol. The Morgan fingerprint density at radius 3 is 2.43 bits per heavy atom.